The van der Waals surface area contributed by atoms with E-state index in [0.29, 0.717) is 29.2 Å². The summed E-state index contributed by atoms with van der Waals surface area (Å²) < 4.78 is 10.7. The van der Waals surface area contributed by atoms with Crippen LogP contribution in [-0.2, 0) is 11.3 Å². The summed E-state index contributed by atoms with van der Waals surface area (Å²) in [6, 6.07) is 12.0. The lowest BCUT2D eigenvalue weighted by molar-refractivity contribution is 0.0523. The Morgan fingerprint density at radius 3 is 2.48 bits per heavy atom. The zero-order chi connectivity index (χ0) is 16.8. The Balaban J connectivity index is 2.14. The second-order valence-electron chi connectivity index (χ2n) is 4.97. The summed E-state index contributed by atoms with van der Waals surface area (Å²) in [5.41, 5.74) is 7.86. The Bertz CT molecular complexity index is 725. The molecule has 120 valence electrons. The van der Waals surface area contributed by atoms with E-state index in [9.17, 15) is 9.59 Å². The summed E-state index contributed by atoms with van der Waals surface area (Å²) in [4.78, 5) is 23.3. The van der Waals surface area contributed by atoms with E-state index in [-0.39, 0.29) is 18.4 Å². The van der Waals surface area contributed by atoms with Crippen molar-refractivity contribution >= 4 is 17.4 Å². The first-order valence-corrected chi connectivity index (χ1v) is 7.31. The van der Waals surface area contributed by atoms with Crippen LogP contribution in [-0.4, -0.2) is 18.4 Å². The van der Waals surface area contributed by atoms with E-state index in [4.69, 9.17) is 15.2 Å². The monoisotopic (exact) mass is 313 g/mol. The molecule has 2 rings (SSSR count). The second kappa shape index (κ2) is 7.45. The third kappa shape index (κ3) is 4.10. The molecule has 5 heteroatoms. The first-order valence-electron chi connectivity index (χ1n) is 7.31. The fraction of sp³-hybridized carbons (Fsp3) is 0.222. The minimum Gasteiger partial charge on any atom is -0.489 e. The van der Waals surface area contributed by atoms with Crippen LogP contribution in [0.5, 0.6) is 5.75 Å². The molecule has 0 amide bonds. The molecule has 0 fully saturated rings. The number of esters is 1. The van der Waals surface area contributed by atoms with Crippen LogP contribution in [0.1, 0.15) is 40.1 Å². The molecular formula is C18H19NO4. The van der Waals surface area contributed by atoms with Crippen molar-refractivity contribution in [1.29, 1.82) is 0 Å². The van der Waals surface area contributed by atoms with Crippen LogP contribution in [0.25, 0.3) is 0 Å². The highest BCUT2D eigenvalue weighted by atomic mass is 16.5. The van der Waals surface area contributed by atoms with Gasteiger partial charge in [-0.3, -0.25) is 4.79 Å². The van der Waals surface area contributed by atoms with Crippen molar-refractivity contribution in [2.45, 2.75) is 20.5 Å². The standard InChI is InChI=1S/C18H19NO4/c1-3-22-18(21)16-7-5-4-6-13(16)11-23-14-8-9-15(12(2)20)17(19)10-14/h4-10H,3,11,19H2,1-2H3. The number of rotatable bonds is 6. The number of carbonyl (C=O) groups excluding carboxylic acids is 2. The molecule has 5 nitrogen and oxygen atoms in total. The van der Waals surface area contributed by atoms with Gasteiger partial charge in [-0.15, -0.1) is 0 Å². The molecule has 0 bridgehead atoms. The van der Waals surface area contributed by atoms with Crippen molar-refractivity contribution in [3.05, 3.63) is 59.2 Å². The lowest BCUT2D eigenvalue weighted by Gasteiger charge is -2.11. The fourth-order valence-electron chi connectivity index (χ4n) is 2.17. The molecule has 2 N–H and O–H groups in total. The first-order chi connectivity index (χ1) is 11.0. The van der Waals surface area contributed by atoms with Crippen LogP contribution in [0, 0.1) is 0 Å². The number of benzene rings is 2. The highest BCUT2D eigenvalue weighted by molar-refractivity contribution is 5.99. The fourth-order valence-corrected chi connectivity index (χ4v) is 2.17. The maximum atomic E-state index is 11.9. The number of ketones is 1. The van der Waals surface area contributed by atoms with Crippen molar-refractivity contribution in [2.75, 3.05) is 12.3 Å². The molecule has 0 spiro atoms. The van der Waals surface area contributed by atoms with Gasteiger partial charge >= 0.3 is 5.97 Å². The Kier molecular flexibility index (Phi) is 5.36. The van der Waals surface area contributed by atoms with E-state index in [0.717, 1.165) is 5.56 Å². The zero-order valence-electron chi connectivity index (χ0n) is 13.2. The lowest BCUT2D eigenvalue weighted by atomic mass is 10.1. The number of carbonyl (C=O) groups is 2. The smallest absolute Gasteiger partial charge is 0.338 e. The first kappa shape index (κ1) is 16.5. The molecule has 0 atom stereocenters. The van der Waals surface area contributed by atoms with Crippen molar-refractivity contribution in [1.82, 2.24) is 0 Å². The minimum absolute atomic E-state index is 0.0956. The van der Waals surface area contributed by atoms with E-state index < -0.39 is 0 Å². The zero-order valence-corrected chi connectivity index (χ0v) is 13.2. The van der Waals surface area contributed by atoms with Gasteiger partial charge in [-0.2, -0.15) is 0 Å². The Labute approximate surface area is 135 Å². The highest BCUT2D eigenvalue weighted by Gasteiger charge is 2.12. The molecule has 0 radical (unpaired) electrons. The highest BCUT2D eigenvalue weighted by Crippen LogP contribution is 2.22. The summed E-state index contributed by atoms with van der Waals surface area (Å²) in [6.45, 7) is 3.74. The third-order valence-electron chi connectivity index (χ3n) is 3.31. The van der Waals surface area contributed by atoms with Crippen molar-refractivity contribution in [2.24, 2.45) is 0 Å². The molecule has 23 heavy (non-hydrogen) atoms. The molecule has 0 aliphatic carbocycles. The number of anilines is 1. The average Bonchev–Trinajstić information content (AvgIpc) is 2.53. The summed E-state index contributed by atoms with van der Waals surface area (Å²) in [7, 11) is 0. The summed E-state index contributed by atoms with van der Waals surface area (Å²) in [6.07, 6.45) is 0. The molecule has 0 aliphatic rings. The van der Waals surface area contributed by atoms with Crippen LogP contribution in [0.4, 0.5) is 5.69 Å². The maximum absolute atomic E-state index is 11.9. The third-order valence-corrected chi connectivity index (χ3v) is 3.31. The average molecular weight is 313 g/mol. The van der Waals surface area contributed by atoms with Gasteiger partial charge in [-0.25, -0.2) is 4.79 Å². The molecule has 2 aromatic carbocycles. The Morgan fingerprint density at radius 2 is 1.83 bits per heavy atom. The van der Waals surface area contributed by atoms with E-state index >= 15 is 0 Å². The number of Topliss-reactive ketones (excluding diaryl/α,β-unsaturated/α-hetero) is 1. The predicted octanol–water partition coefficient (Wildman–Crippen LogP) is 3.23. The summed E-state index contributed by atoms with van der Waals surface area (Å²) in [5, 5.41) is 0. The topological polar surface area (TPSA) is 78.6 Å². The Hall–Kier alpha value is -2.82. The van der Waals surface area contributed by atoms with Gasteiger partial charge in [0, 0.05) is 22.9 Å². The van der Waals surface area contributed by atoms with Crippen molar-refractivity contribution in [3.8, 4) is 5.75 Å². The molecule has 0 aliphatic heterocycles. The van der Waals surface area contributed by atoms with Crippen LogP contribution < -0.4 is 10.5 Å². The van der Waals surface area contributed by atoms with Gasteiger partial charge in [0.25, 0.3) is 0 Å². The minimum atomic E-state index is -0.377. The van der Waals surface area contributed by atoms with Gasteiger partial charge in [0.1, 0.15) is 12.4 Å². The number of ether oxygens (including phenoxy) is 2. The van der Waals surface area contributed by atoms with E-state index in [1.807, 2.05) is 6.07 Å². The van der Waals surface area contributed by atoms with Gasteiger partial charge in [0.15, 0.2) is 5.78 Å². The predicted molar refractivity (Wildman–Crippen MR) is 87.6 cm³/mol. The van der Waals surface area contributed by atoms with Crippen LogP contribution in [0.2, 0.25) is 0 Å². The molecular weight excluding hydrogens is 294 g/mol. The summed E-state index contributed by atoms with van der Waals surface area (Å²) >= 11 is 0. The van der Waals surface area contributed by atoms with Gasteiger partial charge in [-0.1, -0.05) is 18.2 Å². The van der Waals surface area contributed by atoms with Gasteiger partial charge in [-0.05, 0) is 32.0 Å². The maximum Gasteiger partial charge on any atom is 0.338 e. The van der Waals surface area contributed by atoms with Crippen molar-refractivity contribution in [3.63, 3.8) is 0 Å². The van der Waals surface area contributed by atoms with Gasteiger partial charge < -0.3 is 15.2 Å². The normalized spacial score (nSPS) is 10.2. The van der Waals surface area contributed by atoms with Crippen LogP contribution >= 0.6 is 0 Å². The van der Waals surface area contributed by atoms with Crippen molar-refractivity contribution < 1.29 is 19.1 Å². The molecule has 0 saturated heterocycles. The number of nitrogen functional groups attached to an aromatic ring is 1. The number of hydrogen-bond acceptors (Lipinski definition) is 5. The molecule has 0 saturated carbocycles. The van der Waals surface area contributed by atoms with E-state index in [1.54, 1.807) is 43.3 Å². The molecule has 2 aromatic rings. The van der Waals surface area contributed by atoms with Crippen LogP contribution in [0.3, 0.4) is 0 Å². The molecule has 0 heterocycles. The lowest BCUT2D eigenvalue weighted by Crippen LogP contribution is -2.10. The summed E-state index contributed by atoms with van der Waals surface area (Å²) in [5.74, 6) is 0.0611. The second-order valence-corrected chi connectivity index (χ2v) is 4.97. The van der Waals surface area contributed by atoms with Crippen LogP contribution in [0.15, 0.2) is 42.5 Å². The van der Waals surface area contributed by atoms with Gasteiger partial charge in [0.05, 0.1) is 12.2 Å². The largest absolute Gasteiger partial charge is 0.489 e. The Morgan fingerprint density at radius 1 is 1.09 bits per heavy atom. The number of hydrogen-bond donors (Lipinski definition) is 1. The van der Waals surface area contributed by atoms with E-state index in [1.165, 1.54) is 6.92 Å². The van der Waals surface area contributed by atoms with Gasteiger partial charge in [0.2, 0.25) is 0 Å². The molecule has 0 unspecified atom stereocenters. The SMILES string of the molecule is CCOC(=O)c1ccccc1COc1ccc(C(C)=O)c(N)c1. The number of nitrogens with two attached hydrogens (primary N) is 1. The molecule has 0 aromatic heterocycles. The quantitative estimate of drug-likeness (QED) is 0.503. The van der Waals surface area contributed by atoms with E-state index in [2.05, 4.69) is 0 Å².